The van der Waals surface area contributed by atoms with E-state index in [1.165, 1.54) is 15.9 Å². The maximum absolute atomic E-state index is 14.5. The summed E-state index contributed by atoms with van der Waals surface area (Å²) in [6, 6.07) is 21.5. The molecule has 0 bridgehead atoms. The molecule has 0 radical (unpaired) electrons. The molecule has 12 heteroatoms. The molecule has 4 rings (SSSR count). The van der Waals surface area contributed by atoms with Gasteiger partial charge in [0.25, 0.3) is 0 Å². The second-order valence-corrected chi connectivity index (χ2v) is 13.5. The maximum atomic E-state index is 14.5. The van der Waals surface area contributed by atoms with Crippen LogP contribution in [0.25, 0.3) is 10.8 Å². The van der Waals surface area contributed by atoms with Crippen molar-refractivity contribution >= 4 is 34.6 Å². The number of aromatic nitrogens is 2. The molecule has 12 nitrogen and oxygen atoms in total. The third kappa shape index (κ3) is 9.99. The predicted octanol–water partition coefficient (Wildman–Crippen LogP) is 4.99. The number of ether oxygens (including phenoxy) is 1. The Kier molecular flexibility index (Phi) is 11.2. The molecule has 0 unspecified atom stereocenters. The molecular formula is C37H44N6O6. The molecule has 0 aliphatic rings. The summed E-state index contributed by atoms with van der Waals surface area (Å²) in [5.41, 5.74) is 5.47. The Morgan fingerprint density at radius 1 is 0.857 bits per heavy atom. The van der Waals surface area contributed by atoms with Gasteiger partial charge in [-0.05, 0) is 56.5 Å². The third-order valence-corrected chi connectivity index (χ3v) is 7.83. The number of hydrogen-bond donors (Lipinski definition) is 2. The monoisotopic (exact) mass is 668 g/mol. The molecule has 4 amide bonds. The highest BCUT2D eigenvalue weighted by atomic mass is 16.6. The van der Waals surface area contributed by atoms with Crippen molar-refractivity contribution in [1.82, 2.24) is 25.3 Å². The number of alkyl carbamates (subject to hydrolysis) is 1. The molecule has 0 saturated heterocycles. The fourth-order valence-electron chi connectivity index (χ4n) is 5.22. The Labute approximate surface area is 286 Å². The zero-order valence-electron chi connectivity index (χ0n) is 29.0. The molecule has 0 saturated carbocycles. The molecule has 3 N–H and O–H groups in total. The number of carbonyl (C=O) groups excluding carboxylic acids is 4. The van der Waals surface area contributed by atoms with E-state index in [4.69, 9.17) is 14.9 Å². The number of rotatable bonds is 12. The highest BCUT2D eigenvalue weighted by Crippen LogP contribution is 2.26. The Morgan fingerprint density at radius 3 is 2.14 bits per heavy atom. The van der Waals surface area contributed by atoms with Crippen molar-refractivity contribution in [2.24, 2.45) is 5.73 Å². The smallest absolute Gasteiger partial charge is 0.408 e. The third-order valence-electron chi connectivity index (χ3n) is 7.83. The molecule has 258 valence electrons. The zero-order valence-corrected chi connectivity index (χ0v) is 29.0. The van der Waals surface area contributed by atoms with Gasteiger partial charge in [-0.3, -0.25) is 14.4 Å². The Bertz CT molecular complexity index is 1830. The number of carbonyl (C=O) groups is 4. The summed E-state index contributed by atoms with van der Waals surface area (Å²) in [6.45, 7) is 8.74. The van der Waals surface area contributed by atoms with Crippen molar-refractivity contribution in [3.8, 4) is 0 Å². The summed E-state index contributed by atoms with van der Waals surface area (Å²) in [6.07, 6.45) is 2.74. The van der Waals surface area contributed by atoms with Crippen LogP contribution in [0.2, 0.25) is 0 Å². The lowest BCUT2D eigenvalue weighted by molar-refractivity contribution is -0.143. The SMILES string of the molecule is CN(C(=O)C=CC(C)(C)NC(=O)OC(C)(C)C)[C@H](Cc1ccc2ccccc2c1)C(=O)N(C)[C@H](Cc1ccccc1)c1nnc(C(N)=O)o1. The highest BCUT2D eigenvalue weighted by molar-refractivity contribution is 5.93. The van der Waals surface area contributed by atoms with E-state index in [1.54, 1.807) is 54.8 Å². The average Bonchev–Trinajstić information content (AvgIpc) is 3.54. The van der Waals surface area contributed by atoms with Crippen LogP contribution >= 0.6 is 0 Å². The van der Waals surface area contributed by atoms with E-state index in [0.29, 0.717) is 0 Å². The van der Waals surface area contributed by atoms with Gasteiger partial charge in [0.2, 0.25) is 17.7 Å². The van der Waals surface area contributed by atoms with Crippen LogP contribution in [0.4, 0.5) is 4.79 Å². The quantitative estimate of drug-likeness (QED) is 0.200. The zero-order chi connectivity index (χ0) is 35.9. The molecular weight excluding hydrogens is 624 g/mol. The Balaban J connectivity index is 1.67. The van der Waals surface area contributed by atoms with Gasteiger partial charge in [0.1, 0.15) is 17.7 Å². The summed E-state index contributed by atoms with van der Waals surface area (Å²) >= 11 is 0. The summed E-state index contributed by atoms with van der Waals surface area (Å²) in [5.74, 6) is -2.09. The minimum absolute atomic E-state index is 0.0294. The number of amides is 4. The van der Waals surface area contributed by atoms with Crippen molar-refractivity contribution in [3.05, 3.63) is 108 Å². The number of primary amides is 1. The van der Waals surface area contributed by atoms with Crippen molar-refractivity contribution in [1.29, 1.82) is 0 Å². The molecule has 0 fully saturated rings. The molecule has 1 aromatic heterocycles. The molecule has 2 atom stereocenters. The van der Waals surface area contributed by atoms with Crippen LogP contribution in [0.1, 0.15) is 68.4 Å². The van der Waals surface area contributed by atoms with Gasteiger partial charge in [-0.1, -0.05) is 78.9 Å². The van der Waals surface area contributed by atoms with E-state index < -0.39 is 47.0 Å². The van der Waals surface area contributed by atoms with Gasteiger partial charge >= 0.3 is 17.9 Å². The first-order chi connectivity index (χ1) is 23.0. The standard InChI is InChI=1S/C37H44N6O6/c1-36(2,3)49-35(47)39-37(4,5)20-19-30(44)42(6)29(23-25-17-18-26-15-11-12-16-27(26)21-25)34(46)43(7)28(22-24-13-9-8-10-14-24)32-40-41-33(48-32)31(38)45/h8-21,28-29H,22-23H2,1-7H3,(H2,38,45)(H,39,47)/t28-,29-/m1/s1. The van der Waals surface area contributed by atoms with E-state index in [0.717, 1.165) is 21.9 Å². The van der Waals surface area contributed by atoms with Crippen molar-refractivity contribution < 1.29 is 28.3 Å². The first-order valence-corrected chi connectivity index (χ1v) is 15.9. The normalized spacial score (nSPS) is 13.1. The fourth-order valence-corrected chi connectivity index (χ4v) is 5.22. The first kappa shape index (κ1) is 36.3. The molecule has 0 spiro atoms. The van der Waals surface area contributed by atoms with Gasteiger partial charge in [-0.2, -0.15) is 0 Å². The van der Waals surface area contributed by atoms with Crippen molar-refractivity contribution in [2.75, 3.05) is 14.1 Å². The summed E-state index contributed by atoms with van der Waals surface area (Å²) < 4.78 is 11.0. The second kappa shape index (κ2) is 15.1. The maximum Gasteiger partial charge on any atom is 0.408 e. The fraction of sp³-hybridized carbons (Fsp3) is 0.351. The first-order valence-electron chi connectivity index (χ1n) is 15.9. The molecule has 3 aromatic carbocycles. The van der Waals surface area contributed by atoms with Crippen LogP contribution in [-0.4, -0.2) is 75.1 Å². The lowest BCUT2D eigenvalue weighted by Crippen LogP contribution is -2.50. The van der Waals surface area contributed by atoms with Crippen LogP contribution in [-0.2, 0) is 27.2 Å². The van der Waals surface area contributed by atoms with Crippen LogP contribution < -0.4 is 11.1 Å². The number of likely N-dealkylation sites (N-methyl/N-ethyl adjacent to an activating group) is 2. The van der Waals surface area contributed by atoms with E-state index in [2.05, 4.69) is 15.5 Å². The molecule has 0 aliphatic carbocycles. The molecule has 0 aliphatic heterocycles. The minimum Gasteiger partial charge on any atom is -0.444 e. The van der Waals surface area contributed by atoms with Gasteiger partial charge in [0.05, 0.1) is 5.54 Å². The van der Waals surface area contributed by atoms with E-state index in [9.17, 15) is 19.2 Å². The number of nitrogens with one attached hydrogen (secondary N) is 1. The van der Waals surface area contributed by atoms with Crippen LogP contribution in [0.3, 0.4) is 0 Å². The molecule has 1 heterocycles. The number of benzene rings is 3. The van der Waals surface area contributed by atoms with Crippen LogP contribution in [0.5, 0.6) is 0 Å². The Morgan fingerprint density at radius 2 is 1.51 bits per heavy atom. The number of fused-ring (bicyclic) bond motifs is 1. The van der Waals surface area contributed by atoms with Crippen LogP contribution in [0.15, 0.2) is 89.4 Å². The lowest BCUT2D eigenvalue weighted by Gasteiger charge is -2.34. The van der Waals surface area contributed by atoms with Crippen molar-refractivity contribution in [2.45, 2.75) is 70.7 Å². The Hall–Kier alpha value is -5.52. The van der Waals surface area contributed by atoms with E-state index in [1.807, 2.05) is 72.8 Å². The predicted molar refractivity (Wildman–Crippen MR) is 185 cm³/mol. The summed E-state index contributed by atoms with van der Waals surface area (Å²) in [4.78, 5) is 55.3. The molecule has 49 heavy (non-hydrogen) atoms. The lowest BCUT2D eigenvalue weighted by atomic mass is 9.98. The van der Waals surface area contributed by atoms with Crippen molar-refractivity contribution in [3.63, 3.8) is 0 Å². The summed E-state index contributed by atoms with van der Waals surface area (Å²) in [5, 5.41) is 12.6. The van der Waals surface area contributed by atoms with Gasteiger partial charge in [-0.15, -0.1) is 10.2 Å². The summed E-state index contributed by atoms with van der Waals surface area (Å²) in [7, 11) is 3.15. The number of nitrogens with zero attached hydrogens (tertiary/aromatic N) is 4. The molecule has 4 aromatic rings. The highest BCUT2D eigenvalue weighted by Gasteiger charge is 2.35. The average molecular weight is 669 g/mol. The van der Waals surface area contributed by atoms with Crippen LogP contribution in [0, 0.1) is 0 Å². The topological polar surface area (TPSA) is 161 Å². The largest absolute Gasteiger partial charge is 0.444 e. The van der Waals surface area contributed by atoms with Gasteiger partial charge in [0, 0.05) is 33.0 Å². The minimum atomic E-state index is -0.970. The van der Waals surface area contributed by atoms with E-state index >= 15 is 0 Å². The van der Waals surface area contributed by atoms with Gasteiger partial charge < -0.3 is 30.0 Å². The number of nitrogens with two attached hydrogens (primary N) is 1. The van der Waals surface area contributed by atoms with Gasteiger partial charge in [-0.25, -0.2) is 4.79 Å². The van der Waals surface area contributed by atoms with Gasteiger partial charge in [0.15, 0.2) is 0 Å². The number of hydrogen-bond acceptors (Lipinski definition) is 8. The van der Waals surface area contributed by atoms with E-state index in [-0.39, 0.29) is 24.6 Å². The second-order valence-electron chi connectivity index (χ2n) is 13.5.